The standard InChI is InChI=1S/C20H20F2N2O5/c1-11(12-5-7-15(21)16(22)8-12)23-10-18(25)24-17-9-13(19(26)28-2)4-6-14(17)20(27)29-3/h4-9,11,23H,10H2,1-3H3,(H,24,25)/p+1/t11-/m1/s1. The van der Waals surface area contributed by atoms with E-state index >= 15 is 0 Å². The van der Waals surface area contributed by atoms with Crippen molar-refractivity contribution in [2.45, 2.75) is 13.0 Å². The summed E-state index contributed by atoms with van der Waals surface area (Å²) >= 11 is 0. The molecular formula is C20H21F2N2O5+. The minimum atomic E-state index is -0.963. The maximum Gasteiger partial charge on any atom is 0.339 e. The van der Waals surface area contributed by atoms with Crippen molar-refractivity contribution in [2.24, 2.45) is 0 Å². The van der Waals surface area contributed by atoms with Crippen LogP contribution in [0.3, 0.4) is 0 Å². The van der Waals surface area contributed by atoms with E-state index in [1.807, 2.05) is 0 Å². The van der Waals surface area contributed by atoms with E-state index in [-0.39, 0.29) is 29.4 Å². The highest BCUT2D eigenvalue weighted by Gasteiger charge is 2.19. The molecule has 29 heavy (non-hydrogen) atoms. The first kappa shape index (κ1) is 22.0. The van der Waals surface area contributed by atoms with Gasteiger partial charge in [0.1, 0.15) is 6.04 Å². The van der Waals surface area contributed by atoms with Crippen LogP contribution in [0.5, 0.6) is 0 Å². The molecule has 0 fully saturated rings. The molecule has 2 aromatic rings. The Balaban J connectivity index is 2.11. The molecule has 0 unspecified atom stereocenters. The SMILES string of the molecule is COC(=O)c1ccc(C(=O)OC)c(NC(=O)C[NH2+][C@H](C)c2ccc(F)c(F)c2)c1. The third-order valence-corrected chi connectivity index (χ3v) is 4.25. The van der Waals surface area contributed by atoms with Crippen LogP contribution in [0.2, 0.25) is 0 Å². The van der Waals surface area contributed by atoms with Crippen molar-refractivity contribution < 1.29 is 38.0 Å². The Bertz CT molecular complexity index is 933. The molecular weight excluding hydrogens is 386 g/mol. The molecule has 3 N–H and O–H groups in total. The average Bonchev–Trinajstić information content (AvgIpc) is 2.72. The highest BCUT2D eigenvalue weighted by molar-refractivity contribution is 6.03. The van der Waals surface area contributed by atoms with Gasteiger partial charge in [-0.25, -0.2) is 18.4 Å². The number of methoxy groups -OCH3 is 2. The summed E-state index contributed by atoms with van der Waals surface area (Å²) in [5, 5.41) is 4.17. The van der Waals surface area contributed by atoms with E-state index in [2.05, 4.69) is 14.8 Å². The van der Waals surface area contributed by atoms with Gasteiger partial charge >= 0.3 is 11.9 Å². The van der Waals surface area contributed by atoms with Crippen molar-refractivity contribution in [1.82, 2.24) is 0 Å². The smallest absolute Gasteiger partial charge is 0.339 e. The molecule has 0 saturated heterocycles. The van der Waals surface area contributed by atoms with Crippen LogP contribution in [0.25, 0.3) is 0 Å². The molecule has 0 aliphatic rings. The number of quaternary nitrogens is 1. The molecule has 1 amide bonds. The second kappa shape index (κ2) is 9.74. The topological polar surface area (TPSA) is 98.3 Å². The molecule has 9 heteroatoms. The van der Waals surface area contributed by atoms with Crippen LogP contribution >= 0.6 is 0 Å². The monoisotopic (exact) mass is 407 g/mol. The maximum absolute atomic E-state index is 13.4. The number of carbonyl (C=O) groups excluding carboxylic acids is 3. The summed E-state index contributed by atoms with van der Waals surface area (Å²) in [5.41, 5.74) is 0.829. The quantitative estimate of drug-likeness (QED) is 0.682. The van der Waals surface area contributed by atoms with Gasteiger partial charge in [-0.05, 0) is 43.3 Å². The number of amides is 1. The van der Waals surface area contributed by atoms with Gasteiger partial charge in [0.25, 0.3) is 5.91 Å². The number of esters is 2. The molecule has 0 bridgehead atoms. The van der Waals surface area contributed by atoms with Crippen molar-refractivity contribution in [3.05, 3.63) is 64.7 Å². The minimum absolute atomic E-state index is 0.0662. The van der Waals surface area contributed by atoms with E-state index in [1.165, 1.54) is 38.5 Å². The minimum Gasteiger partial charge on any atom is -0.465 e. The predicted molar refractivity (Wildman–Crippen MR) is 99.3 cm³/mol. The zero-order valence-corrected chi connectivity index (χ0v) is 16.1. The van der Waals surface area contributed by atoms with Crippen molar-refractivity contribution in [3.8, 4) is 0 Å². The maximum atomic E-state index is 13.4. The second-order valence-corrected chi connectivity index (χ2v) is 6.19. The third-order valence-electron chi connectivity index (χ3n) is 4.25. The first-order valence-corrected chi connectivity index (χ1v) is 8.65. The summed E-state index contributed by atoms with van der Waals surface area (Å²) in [6.45, 7) is 1.67. The largest absolute Gasteiger partial charge is 0.465 e. The zero-order valence-electron chi connectivity index (χ0n) is 16.1. The number of benzene rings is 2. The molecule has 0 aliphatic carbocycles. The molecule has 1 atom stereocenters. The Morgan fingerprint density at radius 3 is 2.31 bits per heavy atom. The number of nitrogens with one attached hydrogen (secondary N) is 1. The fourth-order valence-electron chi connectivity index (χ4n) is 2.60. The average molecular weight is 407 g/mol. The molecule has 0 spiro atoms. The van der Waals surface area contributed by atoms with Crippen molar-refractivity contribution in [2.75, 3.05) is 26.1 Å². The summed E-state index contributed by atoms with van der Waals surface area (Å²) in [5.74, 6) is -3.69. The van der Waals surface area contributed by atoms with Crippen molar-refractivity contribution in [1.29, 1.82) is 0 Å². The number of anilines is 1. The van der Waals surface area contributed by atoms with E-state index in [0.717, 1.165) is 12.1 Å². The van der Waals surface area contributed by atoms with Gasteiger partial charge in [0.05, 0.1) is 31.0 Å². The Labute approximate surface area is 166 Å². The number of hydrogen-bond acceptors (Lipinski definition) is 5. The third kappa shape index (κ3) is 5.58. The van der Waals surface area contributed by atoms with Gasteiger partial charge in [0.2, 0.25) is 0 Å². The molecule has 0 saturated carbocycles. The van der Waals surface area contributed by atoms with Gasteiger partial charge in [-0.1, -0.05) is 0 Å². The van der Waals surface area contributed by atoms with Gasteiger partial charge in [-0.15, -0.1) is 0 Å². The van der Waals surface area contributed by atoms with Gasteiger partial charge in [-0.3, -0.25) is 4.79 Å². The fraction of sp³-hybridized carbons (Fsp3) is 0.250. The van der Waals surface area contributed by atoms with Gasteiger partial charge in [-0.2, -0.15) is 0 Å². The summed E-state index contributed by atoms with van der Waals surface area (Å²) < 4.78 is 35.7. The first-order chi connectivity index (χ1) is 13.8. The summed E-state index contributed by atoms with van der Waals surface area (Å²) in [4.78, 5) is 36.0. The lowest BCUT2D eigenvalue weighted by atomic mass is 10.1. The van der Waals surface area contributed by atoms with Crippen LogP contribution in [0.4, 0.5) is 14.5 Å². The molecule has 0 aliphatic heterocycles. The van der Waals surface area contributed by atoms with E-state index in [4.69, 9.17) is 0 Å². The number of halogens is 2. The lowest BCUT2D eigenvalue weighted by molar-refractivity contribution is -0.682. The zero-order chi connectivity index (χ0) is 21.6. The molecule has 7 nitrogen and oxygen atoms in total. The molecule has 154 valence electrons. The van der Waals surface area contributed by atoms with E-state index in [9.17, 15) is 23.2 Å². The highest BCUT2D eigenvalue weighted by atomic mass is 19.2. The van der Waals surface area contributed by atoms with Gasteiger partial charge in [0, 0.05) is 5.56 Å². The van der Waals surface area contributed by atoms with Crippen molar-refractivity contribution >= 4 is 23.5 Å². The van der Waals surface area contributed by atoms with Crippen LogP contribution in [0.1, 0.15) is 39.2 Å². The van der Waals surface area contributed by atoms with Crippen molar-refractivity contribution in [3.63, 3.8) is 0 Å². The number of rotatable bonds is 7. The number of hydrogen-bond donors (Lipinski definition) is 2. The Morgan fingerprint density at radius 1 is 1.00 bits per heavy atom. The summed E-state index contributed by atoms with van der Waals surface area (Å²) in [6, 6.07) is 7.25. The van der Waals surface area contributed by atoms with E-state index in [1.54, 1.807) is 12.2 Å². The molecule has 2 rings (SSSR count). The Hall–Kier alpha value is -3.33. The summed E-state index contributed by atoms with van der Waals surface area (Å²) in [6.07, 6.45) is 0. The van der Waals surface area contributed by atoms with Gasteiger partial charge < -0.3 is 20.1 Å². The molecule has 2 aromatic carbocycles. The van der Waals surface area contributed by atoms with Crippen LogP contribution in [-0.2, 0) is 14.3 Å². The highest BCUT2D eigenvalue weighted by Crippen LogP contribution is 2.20. The van der Waals surface area contributed by atoms with Crippen LogP contribution in [-0.4, -0.2) is 38.6 Å². The molecule has 0 aromatic heterocycles. The first-order valence-electron chi connectivity index (χ1n) is 8.65. The number of nitrogens with two attached hydrogens (primary N) is 1. The van der Waals surface area contributed by atoms with Crippen LogP contribution < -0.4 is 10.6 Å². The molecule has 0 radical (unpaired) electrons. The normalized spacial score (nSPS) is 11.5. The lowest BCUT2D eigenvalue weighted by Gasteiger charge is -2.13. The predicted octanol–water partition coefficient (Wildman–Crippen LogP) is 1.80. The Kier molecular flexibility index (Phi) is 7.38. The number of ether oxygens (including phenoxy) is 2. The van der Waals surface area contributed by atoms with Crippen LogP contribution in [0.15, 0.2) is 36.4 Å². The van der Waals surface area contributed by atoms with E-state index < -0.39 is 29.5 Å². The fourth-order valence-corrected chi connectivity index (χ4v) is 2.60. The Morgan fingerprint density at radius 2 is 1.69 bits per heavy atom. The van der Waals surface area contributed by atoms with Gasteiger partial charge in [0.15, 0.2) is 18.2 Å². The molecule has 0 heterocycles. The lowest BCUT2D eigenvalue weighted by Crippen LogP contribution is -2.86. The summed E-state index contributed by atoms with van der Waals surface area (Å²) in [7, 11) is 2.41. The number of carbonyl (C=O) groups is 3. The second-order valence-electron chi connectivity index (χ2n) is 6.19. The van der Waals surface area contributed by atoms with Crippen LogP contribution in [0, 0.1) is 11.6 Å². The van der Waals surface area contributed by atoms with E-state index in [0.29, 0.717) is 5.56 Å².